The summed E-state index contributed by atoms with van der Waals surface area (Å²) in [6, 6.07) is 10.1. The van der Waals surface area contributed by atoms with Crippen molar-refractivity contribution in [3.63, 3.8) is 0 Å². The van der Waals surface area contributed by atoms with Gasteiger partial charge in [0.15, 0.2) is 0 Å². The highest BCUT2D eigenvalue weighted by atomic mass is 16.5. The fraction of sp³-hybridized carbons (Fsp3) is 0.455. The number of hydrogen-bond donors (Lipinski definition) is 0. The number of aryl methyl sites for hydroxylation is 1. The molecule has 1 saturated heterocycles. The van der Waals surface area contributed by atoms with Crippen molar-refractivity contribution in [2.45, 2.75) is 45.8 Å². The normalized spacial score (nSPS) is 16.9. The summed E-state index contributed by atoms with van der Waals surface area (Å²) in [7, 11) is 0. The van der Waals surface area contributed by atoms with Crippen LogP contribution in [0.2, 0.25) is 0 Å². The van der Waals surface area contributed by atoms with Crippen LogP contribution in [0.1, 0.15) is 47.8 Å². The lowest BCUT2D eigenvalue weighted by molar-refractivity contribution is 0.0553. The van der Waals surface area contributed by atoms with Crippen LogP contribution in [0.4, 0.5) is 0 Å². The van der Waals surface area contributed by atoms with Crippen molar-refractivity contribution in [3.8, 4) is 0 Å². The highest BCUT2D eigenvalue weighted by Crippen LogP contribution is 2.17. The average Bonchev–Trinajstić information content (AvgIpc) is 3.32. The molecule has 144 valence electrons. The molecule has 0 radical (unpaired) electrons. The Hall–Kier alpha value is -2.40. The number of carbonyl (C=O) groups excluding carboxylic acids is 1. The second kappa shape index (κ2) is 9.51. The molecule has 1 aliphatic rings. The zero-order chi connectivity index (χ0) is 19.1. The van der Waals surface area contributed by atoms with Crippen molar-refractivity contribution in [2.75, 3.05) is 19.7 Å². The standard InChI is InChI=1S/C22H29N3O2/c1-3-13-25-18(2)21(16-23-25)22(26)24(17-20-12-8-15-27-20)14-7-11-19-9-5-4-6-10-19/h4-7,9-11,16,20H,3,8,12-15,17H2,1-2H3/b11-7+/t20-/m1/s1. The molecule has 5 heteroatoms. The summed E-state index contributed by atoms with van der Waals surface area (Å²) in [5.41, 5.74) is 2.76. The Labute approximate surface area is 161 Å². The van der Waals surface area contributed by atoms with Crippen LogP contribution in [0.5, 0.6) is 0 Å². The van der Waals surface area contributed by atoms with Gasteiger partial charge in [0.1, 0.15) is 0 Å². The predicted octanol–water partition coefficient (Wildman–Crippen LogP) is 3.94. The lowest BCUT2D eigenvalue weighted by Gasteiger charge is -2.24. The highest BCUT2D eigenvalue weighted by molar-refractivity contribution is 5.95. The number of hydrogen-bond acceptors (Lipinski definition) is 3. The number of ether oxygens (including phenoxy) is 1. The SMILES string of the molecule is CCCn1ncc(C(=O)N(C/C=C/c2ccccc2)C[C@H]2CCCO2)c1C. The first kappa shape index (κ1) is 19.4. The molecule has 1 amide bonds. The third-order valence-electron chi connectivity index (χ3n) is 4.94. The molecule has 0 saturated carbocycles. The van der Waals surface area contributed by atoms with Crippen LogP contribution < -0.4 is 0 Å². The lowest BCUT2D eigenvalue weighted by Crippen LogP contribution is -2.37. The van der Waals surface area contributed by atoms with E-state index in [1.165, 1.54) is 0 Å². The maximum Gasteiger partial charge on any atom is 0.257 e. The second-order valence-corrected chi connectivity index (χ2v) is 7.03. The number of aromatic nitrogens is 2. The molecule has 0 unspecified atom stereocenters. The number of rotatable bonds is 8. The van der Waals surface area contributed by atoms with E-state index in [2.05, 4.69) is 30.2 Å². The molecule has 27 heavy (non-hydrogen) atoms. The van der Waals surface area contributed by atoms with Crippen molar-refractivity contribution in [1.82, 2.24) is 14.7 Å². The van der Waals surface area contributed by atoms with Crippen LogP contribution in [-0.2, 0) is 11.3 Å². The molecule has 1 aliphatic heterocycles. The smallest absolute Gasteiger partial charge is 0.257 e. The maximum absolute atomic E-state index is 13.2. The van der Waals surface area contributed by atoms with Gasteiger partial charge in [0.25, 0.3) is 5.91 Å². The van der Waals surface area contributed by atoms with E-state index in [1.807, 2.05) is 40.8 Å². The Morgan fingerprint density at radius 1 is 1.37 bits per heavy atom. The average molecular weight is 367 g/mol. The van der Waals surface area contributed by atoms with Crippen molar-refractivity contribution >= 4 is 12.0 Å². The van der Waals surface area contributed by atoms with Crippen LogP contribution in [0.15, 0.2) is 42.6 Å². The molecule has 0 bridgehead atoms. The summed E-state index contributed by atoms with van der Waals surface area (Å²) in [5, 5.41) is 4.39. The minimum absolute atomic E-state index is 0.0306. The first-order valence-electron chi connectivity index (χ1n) is 9.84. The number of amides is 1. The predicted molar refractivity (Wildman–Crippen MR) is 108 cm³/mol. The summed E-state index contributed by atoms with van der Waals surface area (Å²) in [6.45, 7) is 6.89. The molecule has 1 atom stereocenters. The number of benzene rings is 1. The highest BCUT2D eigenvalue weighted by Gasteiger charge is 2.25. The van der Waals surface area contributed by atoms with E-state index in [0.29, 0.717) is 18.7 Å². The quantitative estimate of drug-likeness (QED) is 0.710. The molecule has 5 nitrogen and oxygen atoms in total. The summed E-state index contributed by atoms with van der Waals surface area (Å²) in [4.78, 5) is 15.1. The van der Waals surface area contributed by atoms with Crippen molar-refractivity contribution in [3.05, 3.63) is 59.4 Å². The van der Waals surface area contributed by atoms with Crippen molar-refractivity contribution in [2.24, 2.45) is 0 Å². The fourth-order valence-electron chi connectivity index (χ4n) is 3.42. The van der Waals surface area contributed by atoms with Gasteiger partial charge in [-0.15, -0.1) is 0 Å². The zero-order valence-corrected chi connectivity index (χ0v) is 16.3. The van der Waals surface area contributed by atoms with Gasteiger partial charge >= 0.3 is 0 Å². The molecule has 1 aromatic carbocycles. The van der Waals surface area contributed by atoms with Crippen molar-refractivity contribution < 1.29 is 9.53 Å². The fourth-order valence-corrected chi connectivity index (χ4v) is 3.42. The van der Waals surface area contributed by atoms with Gasteiger partial charge < -0.3 is 9.64 Å². The van der Waals surface area contributed by atoms with Gasteiger partial charge in [-0.05, 0) is 31.7 Å². The monoisotopic (exact) mass is 367 g/mol. The maximum atomic E-state index is 13.2. The number of carbonyl (C=O) groups is 1. The first-order chi connectivity index (χ1) is 13.2. The molecule has 2 aromatic rings. The molecule has 1 fully saturated rings. The Morgan fingerprint density at radius 3 is 2.89 bits per heavy atom. The topological polar surface area (TPSA) is 47.4 Å². The van der Waals surface area contributed by atoms with E-state index in [9.17, 15) is 4.79 Å². The van der Waals surface area contributed by atoms with Gasteiger partial charge in [-0.2, -0.15) is 5.10 Å². The minimum atomic E-state index is 0.0306. The zero-order valence-electron chi connectivity index (χ0n) is 16.3. The Balaban J connectivity index is 1.74. The molecular weight excluding hydrogens is 338 g/mol. The van der Waals surface area contributed by atoms with Crippen LogP contribution in [0, 0.1) is 6.92 Å². The van der Waals surface area contributed by atoms with Gasteiger partial charge in [-0.3, -0.25) is 9.48 Å². The Bertz CT molecular complexity index is 761. The van der Waals surface area contributed by atoms with E-state index in [-0.39, 0.29) is 12.0 Å². The summed E-state index contributed by atoms with van der Waals surface area (Å²) >= 11 is 0. The van der Waals surface area contributed by atoms with E-state index in [1.54, 1.807) is 6.20 Å². The van der Waals surface area contributed by atoms with Gasteiger partial charge in [-0.25, -0.2) is 0 Å². The molecule has 0 spiro atoms. The molecular formula is C22H29N3O2. The summed E-state index contributed by atoms with van der Waals surface area (Å²) in [6.07, 6.45) is 9.02. The van der Waals surface area contributed by atoms with E-state index in [0.717, 1.165) is 43.7 Å². The molecule has 0 aliphatic carbocycles. The third kappa shape index (κ3) is 5.07. The number of nitrogens with zero attached hydrogens (tertiary/aromatic N) is 3. The molecule has 1 aromatic heterocycles. The molecule has 3 rings (SSSR count). The van der Waals surface area contributed by atoms with Crippen LogP contribution >= 0.6 is 0 Å². The third-order valence-corrected chi connectivity index (χ3v) is 4.94. The van der Waals surface area contributed by atoms with Crippen LogP contribution in [-0.4, -0.2) is 46.4 Å². The largest absolute Gasteiger partial charge is 0.376 e. The van der Waals surface area contributed by atoms with E-state index in [4.69, 9.17) is 4.74 Å². The Kier molecular flexibility index (Phi) is 6.82. The summed E-state index contributed by atoms with van der Waals surface area (Å²) < 4.78 is 7.68. The van der Waals surface area contributed by atoms with Crippen LogP contribution in [0.25, 0.3) is 6.08 Å². The van der Waals surface area contributed by atoms with E-state index >= 15 is 0 Å². The lowest BCUT2D eigenvalue weighted by atomic mass is 10.1. The van der Waals surface area contributed by atoms with Gasteiger partial charge in [0.05, 0.1) is 17.9 Å². The van der Waals surface area contributed by atoms with Gasteiger partial charge in [0, 0.05) is 31.9 Å². The second-order valence-electron chi connectivity index (χ2n) is 7.03. The minimum Gasteiger partial charge on any atom is -0.376 e. The first-order valence-corrected chi connectivity index (χ1v) is 9.84. The molecule has 2 heterocycles. The van der Waals surface area contributed by atoms with Crippen molar-refractivity contribution in [1.29, 1.82) is 0 Å². The van der Waals surface area contributed by atoms with Gasteiger partial charge in [0.2, 0.25) is 0 Å². The Morgan fingerprint density at radius 2 is 2.19 bits per heavy atom. The van der Waals surface area contributed by atoms with E-state index < -0.39 is 0 Å². The molecule has 0 N–H and O–H groups in total. The summed E-state index contributed by atoms with van der Waals surface area (Å²) in [5.74, 6) is 0.0306. The van der Waals surface area contributed by atoms with Crippen LogP contribution in [0.3, 0.4) is 0 Å². The van der Waals surface area contributed by atoms with Gasteiger partial charge in [-0.1, -0.05) is 49.4 Å².